The molecule has 2 heterocycles. The van der Waals surface area contributed by atoms with E-state index >= 15 is 0 Å². The largest absolute Gasteiger partial charge is 0.281 e. The molecule has 0 fully saturated rings. The van der Waals surface area contributed by atoms with Gasteiger partial charge in [-0.15, -0.1) is 0 Å². The van der Waals surface area contributed by atoms with Crippen molar-refractivity contribution in [2.75, 3.05) is 0 Å². The highest BCUT2D eigenvalue weighted by molar-refractivity contribution is 8.28. The van der Waals surface area contributed by atoms with Crippen molar-refractivity contribution in [3.8, 4) is 0 Å². The molecule has 3 rings (SSSR count). The van der Waals surface area contributed by atoms with E-state index in [0.717, 1.165) is 27.4 Å². The average Bonchev–Trinajstić information content (AvgIpc) is 2.70. The fourth-order valence-corrected chi connectivity index (χ4v) is 3.44. The van der Waals surface area contributed by atoms with Crippen molar-refractivity contribution < 1.29 is 4.79 Å². The van der Waals surface area contributed by atoms with E-state index in [1.54, 1.807) is 0 Å². The summed E-state index contributed by atoms with van der Waals surface area (Å²) in [6.45, 7) is 6.24. The summed E-state index contributed by atoms with van der Waals surface area (Å²) in [6.07, 6.45) is 0. The zero-order valence-corrected chi connectivity index (χ0v) is 10.9. The molecule has 3 heteroatoms. The molecule has 0 bridgehead atoms. The van der Waals surface area contributed by atoms with Gasteiger partial charge >= 0.3 is 0 Å². The standard InChI is InChI=1S/C14H13NOS/c1-14(2,3)11-10-8-6-4-5-7-9(8)15-12(10)17-13(11)16/h4-7H,1-3H3. The van der Waals surface area contributed by atoms with Gasteiger partial charge in [-0.05, 0) is 23.2 Å². The molecule has 86 valence electrons. The zero-order valence-electron chi connectivity index (χ0n) is 10.1. The Balaban J connectivity index is 2.30. The van der Waals surface area contributed by atoms with Crippen LogP contribution in [0.4, 0.5) is 5.69 Å². The molecule has 0 saturated heterocycles. The predicted octanol–water partition coefficient (Wildman–Crippen LogP) is 3.80. The topological polar surface area (TPSA) is 29.4 Å². The minimum absolute atomic E-state index is 0.131. The number of hydrogen-bond donors (Lipinski definition) is 0. The van der Waals surface area contributed by atoms with Crippen molar-refractivity contribution in [1.29, 1.82) is 0 Å². The van der Waals surface area contributed by atoms with Gasteiger partial charge in [-0.2, -0.15) is 0 Å². The maximum atomic E-state index is 12.1. The molecular formula is C14H13NOS. The van der Waals surface area contributed by atoms with E-state index < -0.39 is 0 Å². The van der Waals surface area contributed by atoms with Crippen LogP contribution in [-0.2, 0) is 4.79 Å². The van der Waals surface area contributed by atoms with Crippen LogP contribution in [0.2, 0.25) is 0 Å². The van der Waals surface area contributed by atoms with Crippen LogP contribution in [0.15, 0.2) is 34.8 Å². The SMILES string of the molecule is CC(C)(C)C1=C2C(=Nc3ccccc32)SC1=O. The quantitative estimate of drug-likeness (QED) is 0.693. The van der Waals surface area contributed by atoms with Crippen LogP contribution >= 0.6 is 11.8 Å². The number of carbonyl (C=O) groups excluding carboxylic acids is 1. The van der Waals surface area contributed by atoms with Gasteiger partial charge in [-0.25, -0.2) is 4.99 Å². The van der Waals surface area contributed by atoms with Crippen LogP contribution in [0.3, 0.4) is 0 Å². The fourth-order valence-electron chi connectivity index (χ4n) is 2.30. The van der Waals surface area contributed by atoms with E-state index in [0.29, 0.717) is 0 Å². The lowest BCUT2D eigenvalue weighted by atomic mass is 9.83. The van der Waals surface area contributed by atoms with Crippen LogP contribution < -0.4 is 0 Å². The molecule has 2 aliphatic rings. The molecule has 2 aliphatic heterocycles. The normalized spacial score (nSPS) is 18.3. The van der Waals surface area contributed by atoms with E-state index in [4.69, 9.17) is 0 Å². The summed E-state index contributed by atoms with van der Waals surface area (Å²) < 4.78 is 0. The molecule has 17 heavy (non-hydrogen) atoms. The predicted molar refractivity (Wildman–Crippen MR) is 72.5 cm³/mol. The lowest BCUT2D eigenvalue weighted by Gasteiger charge is -2.20. The van der Waals surface area contributed by atoms with Crippen molar-refractivity contribution >= 4 is 33.2 Å². The van der Waals surface area contributed by atoms with Crippen molar-refractivity contribution in [1.82, 2.24) is 0 Å². The molecule has 0 aromatic heterocycles. The molecule has 0 aliphatic carbocycles. The molecule has 0 spiro atoms. The summed E-state index contributed by atoms with van der Waals surface area (Å²) in [5, 5.41) is 1.03. The molecule has 0 radical (unpaired) electrons. The first kappa shape index (κ1) is 10.8. The van der Waals surface area contributed by atoms with E-state index in [9.17, 15) is 4.79 Å². The summed E-state index contributed by atoms with van der Waals surface area (Å²) >= 11 is 1.26. The number of thioether (sulfide) groups is 1. The molecule has 1 aromatic rings. The van der Waals surface area contributed by atoms with Crippen molar-refractivity contribution in [2.24, 2.45) is 10.4 Å². The van der Waals surface area contributed by atoms with Gasteiger partial charge < -0.3 is 0 Å². The monoisotopic (exact) mass is 243 g/mol. The van der Waals surface area contributed by atoms with E-state index in [1.807, 2.05) is 24.3 Å². The second-order valence-electron chi connectivity index (χ2n) is 5.32. The van der Waals surface area contributed by atoms with Gasteiger partial charge in [0.2, 0.25) is 5.12 Å². The average molecular weight is 243 g/mol. The number of carbonyl (C=O) groups is 1. The number of nitrogens with zero attached hydrogens (tertiary/aromatic N) is 1. The summed E-state index contributed by atoms with van der Waals surface area (Å²) in [7, 11) is 0. The van der Waals surface area contributed by atoms with Gasteiger partial charge in [0.1, 0.15) is 5.04 Å². The number of aliphatic imine (C=N–C) groups is 1. The van der Waals surface area contributed by atoms with Crippen molar-refractivity contribution in [2.45, 2.75) is 20.8 Å². The van der Waals surface area contributed by atoms with Crippen LogP contribution in [0, 0.1) is 5.41 Å². The Kier molecular flexibility index (Phi) is 2.11. The van der Waals surface area contributed by atoms with Gasteiger partial charge in [0.05, 0.1) is 5.69 Å². The fraction of sp³-hybridized carbons (Fsp3) is 0.286. The summed E-state index contributed by atoms with van der Waals surface area (Å²) in [4.78, 5) is 16.6. The van der Waals surface area contributed by atoms with E-state index in [1.165, 1.54) is 11.8 Å². The highest BCUT2D eigenvalue weighted by atomic mass is 32.2. The van der Waals surface area contributed by atoms with Gasteiger partial charge in [0.15, 0.2) is 0 Å². The lowest BCUT2D eigenvalue weighted by Crippen LogP contribution is -2.14. The van der Waals surface area contributed by atoms with Crippen LogP contribution in [-0.4, -0.2) is 10.2 Å². The summed E-state index contributed by atoms with van der Waals surface area (Å²) in [6, 6.07) is 8.02. The highest BCUT2D eigenvalue weighted by Gasteiger charge is 2.40. The highest BCUT2D eigenvalue weighted by Crippen LogP contribution is 2.50. The van der Waals surface area contributed by atoms with Crippen LogP contribution in [0.1, 0.15) is 26.3 Å². The first-order chi connectivity index (χ1) is 7.98. The van der Waals surface area contributed by atoms with Gasteiger partial charge in [-0.3, -0.25) is 4.79 Å². The smallest absolute Gasteiger partial charge is 0.222 e. The number of fused-ring (bicyclic) bond motifs is 3. The van der Waals surface area contributed by atoms with Gasteiger partial charge in [0, 0.05) is 16.7 Å². The molecule has 0 N–H and O–H groups in total. The van der Waals surface area contributed by atoms with E-state index in [2.05, 4.69) is 25.8 Å². The van der Waals surface area contributed by atoms with Crippen molar-refractivity contribution in [3.63, 3.8) is 0 Å². The van der Waals surface area contributed by atoms with Crippen molar-refractivity contribution in [3.05, 3.63) is 35.4 Å². The number of para-hydroxylation sites is 1. The maximum absolute atomic E-state index is 12.1. The number of benzene rings is 1. The molecular weight excluding hydrogens is 230 g/mol. The third-order valence-corrected chi connectivity index (χ3v) is 3.88. The minimum atomic E-state index is -0.131. The second kappa shape index (κ2) is 3.33. The maximum Gasteiger partial charge on any atom is 0.222 e. The summed E-state index contributed by atoms with van der Waals surface area (Å²) in [5.74, 6) is 0. The Morgan fingerprint density at radius 2 is 1.88 bits per heavy atom. The molecule has 0 saturated carbocycles. The molecule has 1 aromatic carbocycles. The third-order valence-electron chi connectivity index (χ3n) is 3.00. The Morgan fingerprint density at radius 3 is 2.59 bits per heavy atom. The van der Waals surface area contributed by atoms with Crippen LogP contribution in [0.25, 0.3) is 5.57 Å². The second-order valence-corrected chi connectivity index (χ2v) is 6.29. The number of rotatable bonds is 0. The Hall–Kier alpha value is -1.35. The first-order valence-electron chi connectivity index (χ1n) is 5.64. The zero-order chi connectivity index (χ0) is 12.2. The van der Waals surface area contributed by atoms with Gasteiger partial charge in [0.25, 0.3) is 0 Å². The van der Waals surface area contributed by atoms with Crippen LogP contribution in [0.5, 0.6) is 0 Å². The molecule has 0 amide bonds. The molecule has 2 nitrogen and oxygen atoms in total. The number of hydrogen-bond acceptors (Lipinski definition) is 3. The Labute approximate surface area is 105 Å². The Morgan fingerprint density at radius 1 is 1.18 bits per heavy atom. The minimum Gasteiger partial charge on any atom is -0.281 e. The molecule has 0 atom stereocenters. The Bertz CT molecular complexity index is 590. The first-order valence-corrected chi connectivity index (χ1v) is 6.45. The third kappa shape index (κ3) is 1.49. The molecule has 0 unspecified atom stereocenters. The van der Waals surface area contributed by atoms with Gasteiger partial charge in [-0.1, -0.05) is 39.0 Å². The summed E-state index contributed by atoms with van der Waals surface area (Å²) in [5.41, 5.74) is 3.92. The lowest BCUT2D eigenvalue weighted by molar-refractivity contribution is -0.108. The van der Waals surface area contributed by atoms with E-state index in [-0.39, 0.29) is 10.5 Å².